The summed E-state index contributed by atoms with van der Waals surface area (Å²) in [6.07, 6.45) is 5.38. The minimum Gasteiger partial charge on any atom is -0.313 e. The van der Waals surface area contributed by atoms with E-state index < -0.39 is 0 Å². The second-order valence-electron chi connectivity index (χ2n) is 5.54. The Balaban J connectivity index is 2.16. The van der Waals surface area contributed by atoms with Crippen LogP contribution in [0.15, 0.2) is 0 Å². The molecule has 0 aromatic rings. The molecule has 1 saturated heterocycles. The van der Waals surface area contributed by atoms with Gasteiger partial charge in [0, 0.05) is 25.2 Å². The molecule has 0 radical (unpaired) electrons. The first-order valence-corrected chi connectivity index (χ1v) is 7.12. The quantitative estimate of drug-likeness (QED) is 0.749. The van der Waals surface area contributed by atoms with Crippen LogP contribution in [0.25, 0.3) is 0 Å². The number of hydrogen-bond donors (Lipinski definition) is 1. The van der Waals surface area contributed by atoms with Gasteiger partial charge in [-0.05, 0) is 45.6 Å². The van der Waals surface area contributed by atoms with E-state index in [1.54, 1.807) is 0 Å². The molecule has 1 fully saturated rings. The molecule has 16 heavy (non-hydrogen) atoms. The third-order valence-corrected chi connectivity index (χ3v) is 4.12. The van der Waals surface area contributed by atoms with Crippen molar-refractivity contribution in [2.24, 2.45) is 5.92 Å². The molecule has 1 aliphatic rings. The van der Waals surface area contributed by atoms with Crippen LogP contribution in [0.3, 0.4) is 0 Å². The lowest BCUT2D eigenvalue weighted by Gasteiger charge is -2.38. The number of hydrogen-bond acceptors (Lipinski definition) is 2. The minimum atomic E-state index is 0.683. The van der Waals surface area contributed by atoms with Gasteiger partial charge in [0.2, 0.25) is 0 Å². The average Bonchev–Trinajstić information content (AvgIpc) is 2.25. The first-order valence-electron chi connectivity index (χ1n) is 7.12. The van der Waals surface area contributed by atoms with Crippen molar-refractivity contribution >= 4 is 0 Å². The van der Waals surface area contributed by atoms with E-state index in [-0.39, 0.29) is 0 Å². The van der Waals surface area contributed by atoms with E-state index in [0.29, 0.717) is 6.04 Å². The zero-order chi connectivity index (χ0) is 12.0. The van der Waals surface area contributed by atoms with Crippen LogP contribution in [0.1, 0.15) is 53.4 Å². The van der Waals surface area contributed by atoms with Crippen LogP contribution in [0.2, 0.25) is 0 Å². The van der Waals surface area contributed by atoms with Crippen LogP contribution in [0.5, 0.6) is 0 Å². The highest BCUT2D eigenvalue weighted by Crippen LogP contribution is 2.21. The van der Waals surface area contributed by atoms with Crippen molar-refractivity contribution < 1.29 is 0 Å². The van der Waals surface area contributed by atoms with Crippen molar-refractivity contribution in [3.05, 3.63) is 0 Å². The minimum absolute atomic E-state index is 0.683. The number of nitrogens with one attached hydrogen (secondary N) is 1. The van der Waals surface area contributed by atoms with E-state index in [0.717, 1.165) is 18.5 Å². The predicted molar refractivity (Wildman–Crippen MR) is 71.8 cm³/mol. The largest absolute Gasteiger partial charge is 0.313 e. The summed E-state index contributed by atoms with van der Waals surface area (Å²) in [6.45, 7) is 13.0. The molecule has 3 unspecified atom stereocenters. The summed E-state index contributed by atoms with van der Waals surface area (Å²) in [5, 5.41) is 3.62. The number of rotatable bonds is 6. The molecule has 0 aromatic carbocycles. The second kappa shape index (κ2) is 7.29. The molecule has 0 spiro atoms. The fourth-order valence-corrected chi connectivity index (χ4v) is 2.73. The zero-order valence-electron chi connectivity index (χ0n) is 11.6. The maximum atomic E-state index is 3.62. The van der Waals surface area contributed by atoms with Gasteiger partial charge in [0.15, 0.2) is 0 Å². The van der Waals surface area contributed by atoms with Gasteiger partial charge in [0.1, 0.15) is 0 Å². The normalized spacial score (nSPS) is 29.2. The standard InChI is InChI=1S/C14H30N2/c1-5-7-13(3)15-9-11-16-10-6-8-12(2)14(16)4/h12-15H,5-11H2,1-4H3. The monoisotopic (exact) mass is 226 g/mol. The number of nitrogens with zero attached hydrogens (tertiary/aromatic N) is 1. The molecule has 0 aromatic heterocycles. The van der Waals surface area contributed by atoms with Crippen molar-refractivity contribution in [3.8, 4) is 0 Å². The van der Waals surface area contributed by atoms with Gasteiger partial charge >= 0.3 is 0 Å². The second-order valence-corrected chi connectivity index (χ2v) is 5.54. The van der Waals surface area contributed by atoms with E-state index in [1.807, 2.05) is 0 Å². The summed E-state index contributed by atoms with van der Waals surface area (Å²) >= 11 is 0. The Morgan fingerprint density at radius 3 is 2.81 bits per heavy atom. The molecule has 2 nitrogen and oxygen atoms in total. The van der Waals surface area contributed by atoms with Gasteiger partial charge < -0.3 is 5.32 Å². The first kappa shape index (κ1) is 14.0. The third kappa shape index (κ3) is 4.42. The van der Waals surface area contributed by atoms with Crippen LogP contribution < -0.4 is 5.32 Å². The van der Waals surface area contributed by atoms with Crippen molar-refractivity contribution in [3.63, 3.8) is 0 Å². The van der Waals surface area contributed by atoms with E-state index in [9.17, 15) is 0 Å². The highest BCUT2D eigenvalue weighted by Gasteiger charge is 2.23. The highest BCUT2D eigenvalue weighted by atomic mass is 15.2. The van der Waals surface area contributed by atoms with Gasteiger partial charge in [-0.25, -0.2) is 0 Å². The molecule has 0 aliphatic carbocycles. The Kier molecular flexibility index (Phi) is 6.37. The van der Waals surface area contributed by atoms with Crippen molar-refractivity contribution in [1.29, 1.82) is 0 Å². The summed E-state index contributed by atoms with van der Waals surface area (Å²) < 4.78 is 0. The van der Waals surface area contributed by atoms with Gasteiger partial charge in [0.05, 0.1) is 0 Å². The van der Waals surface area contributed by atoms with E-state index in [4.69, 9.17) is 0 Å². The Hall–Kier alpha value is -0.0800. The van der Waals surface area contributed by atoms with E-state index >= 15 is 0 Å². The van der Waals surface area contributed by atoms with Gasteiger partial charge in [-0.15, -0.1) is 0 Å². The molecule has 0 bridgehead atoms. The predicted octanol–water partition coefficient (Wildman–Crippen LogP) is 2.89. The highest BCUT2D eigenvalue weighted by molar-refractivity contribution is 4.79. The fourth-order valence-electron chi connectivity index (χ4n) is 2.73. The Labute approximate surface area is 102 Å². The first-order chi connectivity index (χ1) is 7.65. The smallest absolute Gasteiger partial charge is 0.0110 e. The molecule has 1 aliphatic heterocycles. The van der Waals surface area contributed by atoms with Gasteiger partial charge in [0.25, 0.3) is 0 Å². The number of likely N-dealkylation sites (tertiary alicyclic amines) is 1. The van der Waals surface area contributed by atoms with Crippen molar-refractivity contribution in [2.45, 2.75) is 65.5 Å². The molecular weight excluding hydrogens is 196 g/mol. The molecule has 1 N–H and O–H groups in total. The summed E-state index contributed by atoms with van der Waals surface area (Å²) in [4.78, 5) is 2.65. The van der Waals surface area contributed by atoms with E-state index in [2.05, 4.69) is 37.9 Å². The van der Waals surface area contributed by atoms with Gasteiger partial charge in [-0.3, -0.25) is 4.90 Å². The van der Waals surface area contributed by atoms with Crippen LogP contribution >= 0.6 is 0 Å². The lowest BCUT2D eigenvalue weighted by atomic mass is 9.92. The Bertz CT molecular complexity index is 182. The lowest BCUT2D eigenvalue weighted by molar-refractivity contribution is 0.114. The molecule has 0 amide bonds. The summed E-state index contributed by atoms with van der Waals surface area (Å²) in [6, 6.07) is 1.46. The summed E-state index contributed by atoms with van der Waals surface area (Å²) in [5.74, 6) is 0.877. The number of piperidine rings is 1. The molecule has 2 heteroatoms. The fraction of sp³-hybridized carbons (Fsp3) is 1.00. The van der Waals surface area contributed by atoms with Crippen LogP contribution in [0.4, 0.5) is 0 Å². The SMILES string of the molecule is CCCC(C)NCCN1CCCC(C)C1C. The van der Waals surface area contributed by atoms with Crippen molar-refractivity contribution in [1.82, 2.24) is 10.2 Å². The lowest BCUT2D eigenvalue weighted by Crippen LogP contribution is -2.46. The Morgan fingerprint density at radius 1 is 1.38 bits per heavy atom. The molecule has 1 rings (SSSR count). The van der Waals surface area contributed by atoms with E-state index in [1.165, 1.54) is 38.8 Å². The van der Waals surface area contributed by atoms with Gasteiger partial charge in [-0.1, -0.05) is 20.3 Å². The zero-order valence-corrected chi connectivity index (χ0v) is 11.6. The molecule has 96 valence electrons. The maximum absolute atomic E-state index is 3.62. The summed E-state index contributed by atoms with van der Waals surface area (Å²) in [7, 11) is 0. The summed E-state index contributed by atoms with van der Waals surface area (Å²) in [5.41, 5.74) is 0. The molecular formula is C14H30N2. The van der Waals surface area contributed by atoms with Gasteiger partial charge in [-0.2, -0.15) is 0 Å². The Morgan fingerprint density at radius 2 is 2.12 bits per heavy atom. The van der Waals surface area contributed by atoms with Crippen molar-refractivity contribution in [2.75, 3.05) is 19.6 Å². The van der Waals surface area contributed by atoms with Crippen LogP contribution in [0, 0.1) is 5.92 Å². The van der Waals surface area contributed by atoms with Crippen LogP contribution in [-0.4, -0.2) is 36.6 Å². The topological polar surface area (TPSA) is 15.3 Å². The third-order valence-electron chi connectivity index (χ3n) is 4.12. The molecule has 1 heterocycles. The maximum Gasteiger partial charge on any atom is 0.0110 e. The molecule has 0 saturated carbocycles. The average molecular weight is 226 g/mol. The molecule has 3 atom stereocenters. The van der Waals surface area contributed by atoms with Crippen LogP contribution in [-0.2, 0) is 0 Å².